The minimum Gasteiger partial charge on any atom is -0.466 e. The second kappa shape index (κ2) is 10.5. The van der Waals surface area contributed by atoms with Gasteiger partial charge in [-0.3, -0.25) is 9.59 Å². The normalized spacial score (nSPS) is 16.5. The Morgan fingerprint density at radius 1 is 1.34 bits per heavy atom. The molecule has 1 aliphatic rings. The third-order valence-corrected chi connectivity index (χ3v) is 6.48. The number of carbonyl (C=O) groups is 2. The predicted molar refractivity (Wildman–Crippen MR) is 110 cm³/mol. The first-order valence-corrected chi connectivity index (χ1v) is 11.2. The van der Waals surface area contributed by atoms with E-state index in [1.807, 2.05) is 0 Å². The van der Waals surface area contributed by atoms with Crippen molar-refractivity contribution in [2.24, 2.45) is 5.92 Å². The van der Waals surface area contributed by atoms with E-state index in [1.54, 1.807) is 24.0 Å². The maximum Gasteiger partial charge on any atom is 0.310 e. The molecule has 1 fully saturated rings. The highest BCUT2D eigenvalue weighted by Gasteiger charge is 2.29. The number of esters is 1. The van der Waals surface area contributed by atoms with Gasteiger partial charge in [-0.05, 0) is 37.5 Å². The van der Waals surface area contributed by atoms with Gasteiger partial charge in [-0.15, -0.1) is 10.2 Å². The minimum atomic E-state index is -0.268. The van der Waals surface area contributed by atoms with Crippen LogP contribution >= 0.6 is 23.1 Å². The summed E-state index contributed by atoms with van der Waals surface area (Å²) in [6.07, 6.45) is 1.56. The fraction of sp³-hybridized carbons (Fsp3) is 0.474. The van der Waals surface area contributed by atoms with Crippen molar-refractivity contribution in [2.45, 2.75) is 30.6 Å². The number of aromatic nitrogens is 2. The Kier molecular flexibility index (Phi) is 7.82. The van der Waals surface area contributed by atoms with Crippen LogP contribution < -0.4 is 5.32 Å². The van der Waals surface area contributed by atoms with Gasteiger partial charge < -0.3 is 15.0 Å². The molecule has 3 rings (SSSR count). The molecule has 0 spiro atoms. The van der Waals surface area contributed by atoms with Gasteiger partial charge in [0.15, 0.2) is 4.34 Å². The van der Waals surface area contributed by atoms with Crippen molar-refractivity contribution in [3.05, 3.63) is 35.6 Å². The maximum absolute atomic E-state index is 12.9. The molecule has 7 nitrogen and oxygen atoms in total. The fourth-order valence-electron chi connectivity index (χ4n) is 2.99. The van der Waals surface area contributed by atoms with E-state index >= 15 is 0 Å². The number of anilines is 1. The van der Waals surface area contributed by atoms with E-state index in [4.69, 9.17) is 4.74 Å². The quantitative estimate of drug-likeness (QED) is 0.500. The lowest BCUT2D eigenvalue weighted by Crippen LogP contribution is -2.43. The molecule has 2 aromatic rings. The van der Waals surface area contributed by atoms with Gasteiger partial charge in [-0.25, -0.2) is 4.39 Å². The van der Waals surface area contributed by atoms with Crippen molar-refractivity contribution in [3.8, 4) is 0 Å². The summed E-state index contributed by atoms with van der Waals surface area (Å²) in [6, 6.07) is 6.24. The van der Waals surface area contributed by atoms with Crippen LogP contribution in [0.15, 0.2) is 28.6 Å². The minimum absolute atomic E-state index is 0.0139. The van der Waals surface area contributed by atoms with E-state index in [0.29, 0.717) is 35.7 Å². The van der Waals surface area contributed by atoms with Crippen molar-refractivity contribution >= 4 is 40.1 Å². The van der Waals surface area contributed by atoms with Crippen LogP contribution in [0.1, 0.15) is 25.3 Å². The number of thioether (sulfide) groups is 1. The molecule has 10 heteroatoms. The van der Waals surface area contributed by atoms with Crippen LogP contribution in [0, 0.1) is 11.7 Å². The molecule has 0 saturated carbocycles. The Balaban J connectivity index is 1.44. The van der Waals surface area contributed by atoms with Crippen LogP contribution in [0.2, 0.25) is 0 Å². The van der Waals surface area contributed by atoms with Gasteiger partial charge in [-0.1, -0.05) is 35.2 Å². The molecule has 1 aliphatic heterocycles. The molecule has 1 aromatic carbocycles. The molecule has 2 heterocycles. The van der Waals surface area contributed by atoms with E-state index < -0.39 is 0 Å². The molecule has 156 valence electrons. The number of benzene rings is 1. The first kappa shape index (κ1) is 21.5. The topological polar surface area (TPSA) is 84.4 Å². The van der Waals surface area contributed by atoms with E-state index in [9.17, 15) is 14.0 Å². The highest BCUT2D eigenvalue weighted by molar-refractivity contribution is 8.01. The third-order valence-electron chi connectivity index (χ3n) is 4.48. The highest BCUT2D eigenvalue weighted by atomic mass is 32.2. The number of ether oxygens (including phenoxy) is 1. The Morgan fingerprint density at radius 2 is 2.14 bits per heavy atom. The number of nitrogens with zero attached hydrogens (tertiary/aromatic N) is 3. The second-order valence-electron chi connectivity index (χ2n) is 6.57. The Hall–Kier alpha value is -2.20. The number of carbonyl (C=O) groups excluding carboxylic acids is 2. The Morgan fingerprint density at radius 3 is 2.90 bits per heavy atom. The zero-order chi connectivity index (χ0) is 20.6. The fourth-order valence-corrected chi connectivity index (χ4v) is 4.64. The number of hydrogen-bond donors (Lipinski definition) is 1. The molecular weight excluding hydrogens is 415 g/mol. The zero-order valence-corrected chi connectivity index (χ0v) is 17.7. The molecule has 29 heavy (non-hydrogen) atoms. The second-order valence-corrected chi connectivity index (χ2v) is 8.77. The van der Waals surface area contributed by atoms with Gasteiger partial charge in [0, 0.05) is 19.6 Å². The van der Waals surface area contributed by atoms with Gasteiger partial charge in [0.1, 0.15) is 5.82 Å². The van der Waals surface area contributed by atoms with Gasteiger partial charge >= 0.3 is 5.97 Å². The largest absolute Gasteiger partial charge is 0.466 e. The standard InChI is InChI=1S/C19H23FN4O3S2/c1-2-27-17(26)14-4-3-9-24(11-14)16(25)12-28-19-23-22-18(29-19)21-10-13-5-7-15(20)8-6-13/h5-8,14H,2-4,9-12H2,1H3,(H,21,22). The smallest absolute Gasteiger partial charge is 0.310 e. The van der Waals surface area contributed by atoms with Gasteiger partial charge in [0.05, 0.1) is 18.3 Å². The predicted octanol–water partition coefficient (Wildman–Crippen LogP) is 3.18. The number of likely N-dealkylation sites (tertiary alicyclic amines) is 1. The van der Waals surface area contributed by atoms with Crippen LogP contribution in [-0.4, -0.2) is 52.4 Å². The van der Waals surface area contributed by atoms with Crippen LogP contribution in [0.4, 0.5) is 9.52 Å². The molecule has 1 aromatic heterocycles. The molecule has 1 unspecified atom stereocenters. The van der Waals surface area contributed by atoms with Crippen LogP contribution in [0.5, 0.6) is 0 Å². The first-order chi connectivity index (χ1) is 14.0. The lowest BCUT2D eigenvalue weighted by atomic mass is 9.98. The van der Waals surface area contributed by atoms with Crippen LogP contribution in [-0.2, 0) is 20.9 Å². The number of hydrogen-bond acceptors (Lipinski definition) is 8. The lowest BCUT2D eigenvalue weighted by molar-refractivity contribution is -0.151. The summed E-state index contributed by atoms with van der Waals surface area (Å²) >= 11 is 2.70. The van der Waals surface area contributed by atoms with E-state index in [-0.39, 0.29) is 29.4 Å². The molecule has 1 amide bonds. The van der Waals surface area contributed by atoms with E-state index in [2.05, 4.69) is 15.5 Å². The number of halogens is 1. The van der Waals surface area contributed by atoms with Crippen molar-refractivity contribution < 1.29 is 18.7 Å². The summed E-state index contributed by atoms with van der Waals surface area (Å²) in [7, 11) is 0. The molecule has 1 atom stereocenters. The Bertz CT molecular complexity index is 831. The molecule has 0 bridgehead atoms. The molecule has 0 radical (unpaired) electrons. The van der Waals surface area contributed by atoms with E-state index in [1.165, 1.54) is 35.2 Å². The lowest BCUT2D eigenvalue weighted by Gasteiger charge is -2.31. The average Bonchev–Trinajstić information content (AvgIpc) is 3.20. The summed E-state index contributed by atoms with van der Waals surface area (Å²) in [5.41, 5.74) is 0.937. The average molecular weight is 439 g/mol. The third kappa shape index (κ3) is 6.40. The Labute approximate surface area is 177 Å². The summed E-state index contributed by atoms with van der Waals surface area (Å²) < 4.78 is 18.7. The summed E-state index contributed by atoms with van der Waals surface area (Å²) in [6.45, 7) is 3.73. The van der Waals surface area contributed by atoms with Gasteiger partial charge in [0.2, 0.25) is 11.0 Å². The molecule has 1 saturated heterocycles. The van der Waals surface area contributed by atoms with Gasteiger partial charge in [0.25, 0.3) is 0 Å². The van der Waals surface area contributed by atoms with Crippen LogP contribution in [0.25, 0.3) is 0 Å². The zero-order valence-electron chi connectivity index (χ0n) is 16.1. The van der Waals surface area contributed by atoms with Crippen molar-refractivity contribution in [1.82, 2.24) is 15.1 Å². The number of piperidine rings is 1. The van der Waals surface area contributed by atoms with E-state index in [0.717, 1.165) is 18.4 Å². The molecule has 1 N–H and O–H groups in total. The number of rotatable bonds is 8. The molecule has 0 aliphatic carbocycles. The van der Waals surface area contributed by atoms with Crippen molar-refractivity contribution in [3.63, 3.8) is 0 Å². The SMILES string of the molecule is CCOC(=O)C1CCCN(C(=O)CSc2nnc(NCc3ccc(F)cc3)s2)C1. The van der Waals surface area contributed by atoms with Gasteiger partial charge in [-0.2, -0.15) is 0 Å². The monoisotopic (exact) mass is 438 g/mol. The van der Waals surface area contributed by atoms with Crippen molar-refractivity contribution in [2.75, 3.05) is 30.8 Å². The van der Waals surface area contributed by atoms with Crippen LogP contribution in [0.3, 0.4) is 0 Å². The summed E-state index contributed by atoms with van der Waals surface area (Å²) in [5.74, 6) is -0.488. The number of amides is 1. The summed E-state index contributed by atoms with van der Waals surface area (Å²) in [4.78, 5) is 26.2. The van der Waals surface area contributed by atoms with Crippen molar-refractivity contribution in [1.29, 1.82) is 0 Å². The number of nitrogens with one attached hydrogen (secondary N) is 1. The maximum atomic E-state index is 12.9. The highest BCUT2D eigenvalue weighted by Crippen LogP contribution is 2.27. The summed E-state index contributed by atoms with van der Waals surface area (Å²) in [5, 5.41) is 12.0. The first-order valence-electron chi connectivity index (χ1n) is 9.44. The molecular formula is C19H23FN4O3S2.